The van der Waals surface area contributed by atoms with Gasteiger partial charge >= 0.3 is 18.2 Å². The van der Waals surface area contributed by atoms with Gasteiger partial charge in [-0.2, -0.15) is 23.1 Å². The highest BCUT2D eigenvalue weighted by molar-refractivity contribution is 5.27. The molecule has 0 radical (unpaired) electrons. The van der Waals surface area contributed by atoms with Crippen molar-refractivity contribution < 1.29 is 27.4 Å². The zero-order chi connectivity index (χ0) is 14.3. The van der Waals surface area contributed by atoms with Crippen LogP contribution in [-0.2, 0) is 4.74 Å². The Morgan fingerprint density at radius 1 is 1.05 bits per heavy atom. The molecule has 0 aliphatic rings. The Morgan fingerprint density at radius 2 is 1.63 bits per heavy atom. The van der Waals surface area contributed by atoms with Gasteiger partial charge < -0.3 is 19.5 Å². The molecule has 1 aromatic rings. The van der Waals surface area contributed by atoms with Gasteiger partial charge in [-0.3, -0.25) is 0 Å². The summed E-state index contributed by atoms with van der Waals surface area (Å²) in [5, 5.41) is 2.67. The summed E-state index contributed by atoms with van der Waals surface area (Å²) in [7, 11) is 2.73. The van der Waals surface area contributed by atoms with Crippen molar-refractivity contribution in [2.75, 3.05) is 39.3 Å². The van der Waals surface area contributed by atoms with Gasteiger partial charge in [-0.15, -0.1) is 4.98 Å². The third kappa shape index (κ3) is 6.04. The summed E-state index contributed by atoms with van der Waals surface area (Å²) >= 11 is 0. The molecule has 1 aromatic heterocycles. The largest absolute Gasteiger partial charge is 0.467 e. The molecule has 10 heteroatoms. The van der Waals surface area contributed by atoms with Gasteiger partial charge in [0.15, 0.2) is 0 Å². The monoisotopic (exact) mass is 282 g/mol. The second kappa shape index (κ2) is 6.92. The number of methoxy groups -OCH3 is 2. The molecular weight excluding hydrogens is 269 g/mol. The van der Waals surface area contributed by atoms with E-state index < -0.39 is 12.8 Å². The first-order valence-corrected chi connectivity index (χ1v) is 5.17. The van der Waals surface area contributed by atoms with Crippen LogP contribution in [0.5, 0.6) is 12.0 Å². The van der Waals surface area contributed by atoms with E-state index in [1.807, 2.05) is 0 Å². The SMILES string of the molecule is COc1nc(NCCOCC(F)(F)F)nc(OC)n1. The summed E-state index contributed by atoms with van der Waals surface area (Å²) in [4.78, 5) is 11.4. The Balaban J connectivity index is 2.40. The minimum Gasteiger partial charge on any atom is -0.467 e. The Hall–Kier alpha value is -1.84. The van der Waals surface area contributed by atoms with E-state index >= 15 is 0 Å². The van der Waals surface area contributed by atoms with E-state index in [1.54, 1.807) is 0 Å². The van der Waals surface area contributed by atoms with Crippen LogP contribution in [0.3, 0.4) is 0 Å². The second-order valence-corrected chi connectivity index (χ2v) is 3.23. The number of halogens is 3. The normalized spacial score (nSPS) is 11.2. The number of nitrogens with zero attached hydrogens (tertiary/aromatic N) is 3. The molecule has 0 aliphatic carbocycles. The van der Waals surface area contributed by atoms with Crippen molar-refractivity contribution in [3.05, 3.63) is 0 Å². The number of anilines is 1. The number of nitrogens with one attached hydrogen (secondary N) is 1. The maximum absolute atomic E-state index is 11.8. The average molecular weight is 282 g/mol. The number of hydrogen-bond donors (Lipinski definition) is 1. The van der Waals surface area contributed by atoms with Crippen LogP contribution in [0, 0.1) is 0 Å². The Kier molecular flexibility index (Phi) is 5.55. The number of aromatic nitrogens is 3. The van der Waals surface area contributed by atoms with Crippen LogP contribution < -0.4 is 14.8 Å². The molecule has 1 rings (SSSR count). The van der Waals surface area contributed by atoms with Crippen molar-refractivity contribution in [1.29, 1.82) is 0 Å². The van der Waals surface area contributed by atoms with Crippen LogP contribution in [0.1, 0.15) is 0 Å². The highest BCUT2D eigenvalue weighted by atomic mass is 19.4. The van der Waals surface area contributed by atoms with Crippen LogP contribution in [0.15, 0.2) is 0 Å². The molecule has 0 saturated carbocycles. The fourth-order valence-corrected chi connectivity index (χ4v) is 1.02. The standard InChI is InChI=1S/C9H13F3N4O3/c1-17-7-14-6(15-8(16-7)18-2)13-3-4-19-5-9(10,11)12/h3-5H2,1-2H3,(H,13,14,15,16). The molecule has 1 heterocycles. The molecule has 1 N–H and O–H groups in total. The summed E-state index contributed by atoms with van der Waals surface area (Å²) in [5.41, 5.74) is 0. The third-order valence-electron chi connectivity index (χ3n) is 1.75. The highest BCUT2D eigenvalue weighted by Gasteiger charge is 2.27. The summed E-state index contributed by atoms with van der Waals surface area (Å²) in [6.07, 6.45) is -4.33. The highest BCUT2D eigenvalue weighted by Crippen LogP contribution is 2.14. The lowest BCUT2D eigenvalue weighted by Gasteiger charge is -2.09. The summed E-state index contributed by atoms with van der Waals surface area (Å²) < 4.78 is 49.4. The average Bonchev–Trinajstić information content (AvgIpc) is 2.36. The molecule has 0 atom stereocenters. The van der Waals surface area contributed by atoms with E-state index in [0.717, 1.165) is 0 Å². The second-order valence-electron chi connectivity index (χ2n) is 3.23. The van der Waals surface area contributed by atoms with Crippen molar-refractivity contribution in [2.45, 2.75) is 6.18 Å². The predicted molar refractivity (Wildman–Crippen MR) is 58.3 cm³/mol. The molecule has 108 valence electrons. The first kappa shape index (κ1) is 15.2. The van der Waals surface area contributed by atoms with E-state index in [2.05, 4.69) is 25.0 Å². The molecule has 0 bridgehead atoms. The molecule has 0 aliphatic heterocycles. The fraction of sp³-hybridized carbons (Fsp3) is 0.667. The summed E-state index contributed by atoms with van der Waals surface area (Å²) in [6, 6.07) is 0.0659. The number of rotatable bonds is 7. The van der Waals surface area contributed by atoms with E-state index in [9.17, 15) is 13.2 Å². The van der Waals surface area contributed by atoms with Gasteiger partial charge in [0, 0.05) is 6.54 Å². The Labute approximate surface area is 107 Å². The molecule has 0 amide bonds. The van der Waals surface area contributed by atoms with Crippen molar-refractivity contribution in [3.8, 4) is 12.0 Å². The fourth-order valence-electron chi connectivity index (χ4n) is 1.02. The smallest absolute Gasteiger partial charge is 0.411 e. The quantitative estimate of drug-likeness (QED) is 0.744. The van der Waals surface area contributed by atoms with Gasteiger partial charge in [0.05, 0.1) is 20.8 Å². The van der Waals surface area contributed by atoms with Crippen LogP contribution in [0.2, 0.25) is 0 Å². The zero-order valence-electron chi connectivity index (χ0n) is 10.3. The van der Waals surface area contributed by atoms with E-state index in [1.165, 1.54) is 14.2 Å². The molecule has 19 heavy (non-hydrogen) atoms. The Bertz CT molecular complexity index is 381. The summed E-state index contributed by atoms with van der Waals surface area (Å²) in [5.74, 6) is 0.124. The number of ether oxygens (including phenoxy) is 3. The van der Waals surface area contributed by atoms with Crippen LogP contribution in [0.4, 0.5) is 19.1 Å². The lowest BCUT2D eigenvalue weighted by molar-refractivity contribution is -0.172. The van der Waals surface area contributed by atoms with E-state index in [4.69, 9.17) is 9.47 Å². The van der Waals surface area contributed by atoms with Gasteiger partial charge in [-0.05, 0) is 0 Å². The van der Waals surface area contributed by atoms with Gasteiger partial charge in [0.1, 0.15) is 6.61 Å². The lowest BCUT2D eigenvalue weighted by atomic mass is 10.6. The maximum atomic E-state index is 11.8. The zero-order valence-corrected chi connectivity index (χ0v) is 10.3. The number of alkyl halides is 3. The van der Waals surface area contributed by atoms with Crippen molar-refractivity contribution in [1.82, 2.24) is 15.0 Å². The van der Waals surface area contributed by atoms with Gasteiger partial charge in [0.25, 0.3) is 0 Å². The number of hydrogen-bond acceptors (Lipinski definition) is 7. The minimum absolute atomic E-state index is 0.0329. The first-order valence-electron chi connectivity index (χ1n) is 5.17. The molecule has 0 aromatic carbocycles. The molecule has 0 saturated heterocycles. The van der Waals surface area contributed by atoms with Crippen molar-refractivity contribution in [3.63, 3.8) is 0 Å². The summed E-state index contributed by atoms with van der Waals surface area (Å²) in [6.45, 7) is -1.33. The van der Waals surface area contributed by atoms with Crippen LogP contribution in [-0.4, -0.2) is 55.1 Å². The molecule has 7 nitrogen and oxygen atoms in total. The van der Waals surface area contributed by atoms with Gasteiger partial charge in [-0.25, -0.2) is 0 Å². The molecule has 0 unspecified atom stereocenters. The van der Waals surface area contributed by atoms with Crippen molar-refractivity contribution in [2.24, 2.45) is 0 Å². The van der Waals surface area contributed by atoms with Crippen LogP contribution in [0.25, 0.3) is 0 Å². The minimum atomic E-state index is -4.33. The van der Waals surface area contributed by atoms with Crippen molar-refractivity contribution >= 4 is 5.95 Å². The third-order valence-corrected chi connectivity index (χ3v) is 1.75. The maximum Gasteiger partial charge on any atom is 0.411 e. The topological polar surface area (TPSA) is 78.4 Å². The lowest BCUT2D eigenvalue weighted by Crippen LogP contribution is -2.20. The van der Waals surface area contributed by atoms with Gasteiger partial charge in [0.2, 0.25) is 5.95 Å². The van der Waals surface area contributed by atoms with E-state index in [0.29, 0.717) is 0 Å². The first-order chi connectivity index (χ1) is 8.94. The van der Waals surface area contributed by atoms with Crippen LogP contribution >= 0.6 is 0 Å². The molecule has 0 fully saturated rings. The molecule has 0 spiro atoms. The Morgan fingerprint density at radius 3 is 2.11 bits per heavy atom. The predicted octanol–water partition coefficient (Wildman–Crippen LogP) is 0.880. The van der Waals surface area contributed by atoms with Gasteiger partial charge in [-0.1, -0.05) is 0 Å². The molecular formula is C9H13F3N4O3. The van der Waals surface area contributed by atoms with E-state index in [-0.39, 0.29) is 31.1 Å².